The summed E-state index contributed by atoms with van der Waals surface area (Å²) in [5.74, 6) is 0.633. The van der Waals surface area contributed by atoms with Gasteiger partial charge in [0, 0.05) is 49.7 Å². The molecule has 2 aliphatic heterocycles. The lowest BCUT2D eigenvalue weighted by Crippen LogP contribution is -2.60. The van der Waals surface area contributed by atoms with Crippen molar-refractivity contribution in [3.63, 3.8) is 0 Å². The standard InChI is InChI=1S/C58H45BN4O/c1-34-23-25-36(26-24-34)63-49-31-43-42(57(2,3)27-28-58(43,4)5)29-40(49)41-30-51(61-46-20-12-9-17-37(46)38-18-10-13-21-47(38)61)53-39-19-11-14-22-48(39)62-50-33-45-52(32-44(50)59(63)54(41)55(53)62)64-56(60-45)35-15-7-6-8-16-35/h6-26,29-33H,27-28H2,1-5H3. The van der Waals surface area contributed by atoms with E-state index < -0.39 is 0 Å². The van der Waals surface area contributed by atoms with Gasteiger partial charge in [0.25, 0.3) is 0 Å². The lowest BCUT2D eigenvalue weighted by atomic mass is 9.43. The fourth-order valence-electron chi connectivity index (χ4n) is 11.9. The third-order valence-electron chi connectivity index (χ3n) is 15.2. The molecule has 0 atom stereocenters. The third kappa shape index (κ3) is 4.72. The summed E-state index contributed by atoms with van der Waals surface area (Å²) >= 11 is 0. The van der Waals surface area contributed by atoms with E-state index in [1.807, 2.05) is 18.2 Å². The number of fused-ring (bicyclic) bond motifs is 13. The molecule has 0 amide bonds. The van der Waals surface area contributed by atoms with Gasteiger partial charge in [0.1, 0.15) is 5.52 Å². The van der Waals surface area contributed by atoms with Crippen LogP contribution in [-0.2, 0) is 10.8 Å². The average molecular weight is 825 g/mol. The van der Waals surface area contributed by atoms with Gasteiger partial charge in [-0.25, -0.2) is 4.98 Å². The number of rotatable bonds is 3. The zero-order chi connectivity index (χ0) is 42.8. The van der Waals surface area contributed by atoms with E-state index in [-0.39, 0.29) is 17.7 Å². The summed E-state index contributed by atoms with van der Waals surface area (Å²) in [5.41, 5.74) is 21.5. The number of benzene rings is 8. The first kappa shape index (κ1) is 36.2. The number of nitrogens with zero attached hydrogens (tertiary/aromatic N) is 4. The van der Waals surface area contributed by atoms with Crippen molar-refractivity contribution in [2.24, 2.45) is 0 Å². The van der Waals surface area contributed by atoms with Crippen molar-refractivity contribution in [1.29, 1.82) is 0 Å². The predicted molar refractivity (Wildman–Crippen MR) is 267 cm³/mol. The quantitative estimate of drug-likeness (QED) is 0.167. The molecule has 1 aliphatic carbocycles. The van der Waals surface area contributed by atoms with Gasteiger partial charge in [-0.3, -0.25) is 0 Å². The molecule has 3 aromatic heterocycles. The maximum atomic E-state index is 6.75. The largest absolute Gasteiger partial charge is 0.436 e. The highest BCUT2D eigenvalue weighted by atomic mass is 16.3. The van der Waals surface area contributed by atoms with Crippen LogP contribution >= 0.6 is 0 Å². The minimum atomic E-state index is -0.167. The number of hydrogen-bond donors (Lipinski definition) is 0. The molecule has 5 heterocycles. The molecule has 8 aromatic carbocycles. The molecule has 5 nitrogen and oxygen atoms in total. The SMILES string of the molecule is Cc1ccc(N2B3c4cc5oc(-c6ccccc6)nc5cc4-n4c5ccccc5c5c(-n6c7ccccc7c7ccccc76)cc(c3c54)-c3cc4c(cc32)C(C)(C)CCC4(C)C)cc1. The van der Waals surface area contributed by atoms with Crippen molar-refractivity contribution in [1.82, 2.24) is 14.1 Å². The summed E-state index contributed by atoms with van der Waals surface area (Å²) in [5, 5.41) is 5.01. The summed E-state index contributed by atoms with van der Waals surface area (Å²) < 4.78 is 11.9. The van der Waals surface area contributed by atoms with Crippen molar-refractivity contribution < 1.29 is 4.42 Å². The zero-order valence-electron chi connectivity index (χ0n) is 36.7. The Labute approximate surface area is 372 Å². The second kappa shape index (κ2) is 12.4. The van der Waals surface area contributed by atoms with E-state index in [0.29, 0.717) is 5.89 Å². The fraction of sp³-hybridized carbons (Fsp3) is 0.155. The van der Waals surface area contributed by atoms with Gasteiger partial charge in [0.15, 0.2) is 5.58 Å². The Morgan fingerprint density at radius 2 is 1.17 bits per heavy atom. The molecule has 0 radical (unpaired) electrons. The maximum absolute atomic E-state index is 6.75. The van der Waals surface area contributed by atoms with E-state index in [9.17, 15) is 0 Å². The van der Waals surface area contributed by atoms with E-state index in [1.54, 1.807) is 0 Å². The van der Waals surface area contributed by atoms with Crippen molar-refractivity contribution in [2.45, 2.75) is 58.3 Å². The third-order valence-corrected chi connectivity index (χ3v) is 15.2. The minimum absolute atomic E-state index is 0.0218. The molecule has 0 saturated carbocycles. The van der Waals surface area contributed by atoms with Crippen LogP contribution in [0.25, 0.3) is 88.7 Å². The molecule has 6 heteroatoms. The van der Waals surface area contributed by atoms with Crippen LogP contribution in [0.4, 0.5) is 11.4 Å². The van der Waals surface area contributed by atoms with Gasteiger partial charge >= 0.3 is 6.85 Å². The molecule has 64 heavy (non-hydrogen) atoms. The molecule has 0 fully saturated rings. The van der Waals surface area contributed by atoms with Gasteiger partial charge in [-0.05, 0) is 131 Å². The summed E-state index contributed by atoms with van der Waals surface area (Å²) in [6, 6.07) is 58.7. The molecule has 0 spiro atoms. The molecule has 0 saturated heterocycles. The lowest BCUT2D eigenvalue weighted by molar-refractivity contribution is 0.332. The molecule has 0 unspecified atom stereocenters. The Morgan fingerprint density at radius 3 is 1.86 bits per heavy atom. The Hall–Kier alpha value is -7.31. The van der Waals surface area contributed by atoms with Crippen molar-refractivity contribution in [3.8, 4) is 34.0 Å². The number of aryl methyl sites for hydroxylation is 1. The van der Waals surface area contributed by atoms with E-state index in [4.69, 9.17) is 9.40 Å². The van der Waals surface area contributed by atoms with Gasteiger partial charge in [-0.2, -0.15) is 0 Å². The van der Waals surface area contributed by atoms with Crippen LogP contribution in [0.3, 0.4) is 0 Å². The summed E-state index contributed by atoms with van der Waals surface area (Å²) in [6.07, 6.45) is 2.29. The lowest BCUT2D eigenvalue weighted by Gasteiger charge is -2.46. The molecule has 306 valence electrons. The van der Waals surface area contributed by atoms with Crippen LogP contribution in [0.5, 0.6) is 0 Å². The number of para-hydroxylation sites is 3. The van der Waals surface area contributed by atoms with E-state index in [1.165, 1.54) is 99.4 Å². The van der Waals surface area contributed by atoms with E-state index >= 15 is 0 Å². The molecular formula is C58H45BN4O. The Kier molecular flexibility index (Phi) is 7.04. The number of aromatic nitrogens is 3. The van der Waals surface area contributed by atoms with Crippen LogP contribution in [-0.4, -0.2) is 21.0 Å². The predicted octanol–water partition coefficient (Wildman–Crippen LogP) is 13.6. The molecule has 0 bridgehead atoms. The Morgan fingerprint density at radius 1 is 0.562 bits per heavy atom. The van der Waals surface area contributed by atoms with Gasteiger partial charge in [-0.15, -0.1) is 0 Å². The minimum Gasteiger partial charge on any atom is -0.436 e. The Balaban J connectivity index is 1.20. The van der Waals surface area contributed by atoms with Crippen molar-refractivity contribution in [2.75, 3.05) is 4.81 Å². The van der Waals surface area contributed by atoms with Crippen LogP contribution < -0.4 is 15.7 Å². The Bertz CT molecular complexity index is 3760. The van der Waals surface area contributed by atoms with E-state index in [0.717, 1.165) is 35.2 Å². The second-order valence-electron chi connectivity index (χ2n) is 19.9. The highest BCUT2D eigenvalue weighted by Gasteiger charge is 2.47. The summed E-state index contributed by atoms with van der Waals surface area (Å²) in [6.45, 7) is 11.8. The molecule has 0 N–H and O–H groups in total. The first-order valence-corrected chi connectivity index (χ1v) is 22.8. The van der Waals surface area contributed by atoms with Crippen LogP contribution in [0.2, 0.25) is 0 Å². The van der Waals surface area contributed by atoms with Crippen molar-refractivity contribution >= 4 is 83.9 Å². The topological polar surface area (TPSA) is 39.1 Å². The van der Waals surface area contributed by atoms with Gasteiger partial charge < -0.3 is 18.4 Å². The maximum Gasteiger partial charge on any atom is 0.333 e. The molecule has 11 aromatic rings. The first-order chi connectivity index (χ1) is 31.1. The van der Waals surface area contributed by atoms with Crippen LogP contribution in [0, 0.1) is 6.92 Å². The normalized spacial score (nSPS) is 15.6. The first-order valence-electron chi connectivity index (χ1n) is 22.8. The highest BCUT2D eigenvalue weighted by Crippen LogP contribution is 2.53. The fourth-order valence-corrected chi connectivity index (χ4v) is 11.9. The molecular weight excluding hydrogens is 779 g/mol. The van der Waals surface area contributed by atoms with Gasteiger partial charge in [0.2, 0.25) is 5.89 Å². The summed E-state index contributed by atoms with van der Waals surface area (Å²) in [7, 11) is 0. The van der Waals surface area contributed by atoms with Crippen LogP contribution in [0.1, 0.15) is 57.2 Å². The second-order valence-corrected chi connectivity index (χ2v) is 19.9. The van der Waals surface area contributed by atoms with Crippen LogP contribution in [0.15, 0.2) is 162 Å². The number of anilines is 2. The number of hydrogen-bond acceptors (Lipinski definition) is 3. The summed E-state index contributed by atoms with van der Waals surface area (Å²) in [4.78, 5) is 7.85. The van der Waals surface area contributed by atoms with Crippen molar-refractivity contribution in [3.05, 3.63) is 174 Å². The zero-order valence-corrected chi connectivity index (χ0v) is 36.7. The monoisotopic (exact) mass is 824 g/mol. The average Bonchev–Trinajstić information content (AvgIpc) is 4.00. The number of oxazole rings is 1. The van der Waals surface area contributed by atoms with Gasteiger partial charge in [-0.1, -0.05) is 118 Å². The highest BCUT2D eigenvalue weighted by molar-refractivity contribution is 6.94. The van der Waals surface area contributed by atoms with Gasteiger partial charge in [0.05, 0.1) is 27.8 Å². The van der Waals surface area contributed by atoms with E-state index in [2.05, 4.69) is 188 Å². The molecule has 14 rings (SSSR count). The molecule has 3 aliphatic rings. The smallest absolute Gasteiger partial charge is 0.333 e.